The van der Waals surface area contributed by atoms with Crippen molar-refractivity contribution in [3.05, 3.63) is 92.3 Å². The molecule has 10 heteroatoms. The van der Waals surface area contributed by atoms with Crippen molar-refractivity contribution in [3.8, 4) is 17.6 Å². The minimum Gasteiger partial charge on any atom is -0.493 e. The average Bonchev–Trinajstić information content (AvgIpc) is 3.01. The fourth-order valence-corrected chi connectivity index (χ4v) is 5.66. The zero-order chi connectivity index (χ0) is 30.3. The Labute approximate surface area is 245 Å². The summed E-state index contributed by atoms with van der Waals surface area (Å²) < 4.78 is 14.0. The van der Waals surface area contributed by atoms with Gasteiger partial charge in [0.2, 0.25) is 0 Å². The number of nitrogens with zero attached hydrogens (tertiary/aromatic N) is 4. The molecule has 3 aromatic rings. The van der Waals surface area contributed by atoms with Crippen molar-refractivity contribution in [3.63, 3.8) is 0 Å². The van der Waals surface area contributed by atoms with Crippen molar-refractivity contribution in [1.82, 2.24) is 14.0 Å². The number of ether oxygens (including phenoxy) is 2. The van der Waals surface area contributed by atoms with E-state index in [1.165, 1.54) is 16.8 Å². The molecule has 1 N–H and O–H groups in total. The average molecular weight is 575 g/mol. The smallest absolute Gasteiger partial charge is 0.330 e. The summed E-state index contributed by atoms with van der Waals surface area (Å²) in [6.45, 7) is 3.11. The van der Waals surface area contributed by atoms with E-state index in [1.807, 2.05) is 24.3 Å². The van der Waals surface area contributed by atoms with Gasteiger partial charge < -0.3 is 19.1 Å². The summed E-state index contributed by atoms with van der Waals surface area (Å²) in [5.41, 5.74) is 0.867. The normalized spacial score (nSPS) is 15.1. The SMILES string of the molecule is COc1cc(CN(CC2(C(=O)O)CCCCC2)C(C)c2ccc(C#N)cc2)ccc1OCCn1c(=O)ccn(C)c1=O. The molecule has 1 fully saturated rings. The maximum absolute atomic E-state index is 12.6. The highest BCUT2D eigenvalue weighted by atomic mass is 16.5. The van der Waals surface area contributed by atoms with E-state index in [0.717, 1.165) is 35.0 Å². The minimum absolute atomic E-state index is 0.0877. The van der Waals surface area contributed by atoms with Crippen molar-refractivity contribution in [2.45, 2.75) is 58.2 Å². The first-order chi connectivity index (χ1) is 20.2. The number of nitriles is 1. The van der Waals surface area contributed by atoms with Crippen LogP contribution in [0, 0.1) is 16.7 Å². The van der Waals surface area contributed by atoms with Gasteiger partial charge in [-0.15, -0.1) is 0 Å². The van der Waals surface area contributed by atoms with Gasteiger partial charge >= 0.3 is 11.7 Å². The largest absolute Gasteiger partial charge is 0.493 e. The molecule has 0 aliphatic heterocycles. The van der Waals surface area contributed by atoms with Crippen LogP contribution >= 0.6 is 0 Å². The Morgan fingerprint density at radius 3 is 2.45 bits per heavy atom. The molecule has 1 aromatic heterocycles. The Kier molecular flexibility index (Phi) is 9.86. The number of hydrogen-bond donors (Lipinski definition) is 1. The van der Waals surface area contributed by atoms with E-state index in [1.54, 1.807) is 32.4 Å². The van der Waals surface area contributed by atoms with Gasteiger partial charge in [-0.3, -0.25) is 19.1 Å². The molecule has 2 aromatic carbocycles. The Morgan fingerprint density at radius 1 is 1.10 bits per heavy atom. The van der Waals surface area contributed by atoms with E-state index in [2.05, 4.69) is 17.9 Å². The third kappa shape index (κ3) is 6.92. The number of aliphatic carboxylic acids is 1. The Balaban J connectivity index is 1.56. The van der Waals surface area contributed by atoms with Gasteiger partial charge in [0.1, 0.15) is 6.61 Å². The standard InChI is InChI=1S/C32H38N4O6/c1-23(26-10-7-24(20-33)8-11-26)35(22-32(30(38)39)14-5-4-6-15-32)21-25-9-12-27(28(19-25)41-3)42-18-17-36-29(37)13-16-34(2)31(36)40/h7-13,16,19,23H,4-6,14-15,17-18,21-22H2,1-3H3,(H,38,39). The first kappa shape index (κ1) is 30.6. The lowest BCUT2D eigenvalue weighted by molar-refractivity contribution is -0.153. The second-order valence-electron chi connectivity index (χ2n) is 11.0. The molecule has 0 amide bonds. The number of methoxy groups -OCH3 is 1. The number of carbonyl (C=O) groups is 1. The zero-order valence-electron chi connectivity index (χ0n) is 24.4. The summed E-state index contributed by atoms with van der Waals surface area (Å²) in [5.74, 6) is 0.216. The highest BCUT2D eigenvalue weighted by Gasteiger charge is 2.42. The maximum Gasteiger partial charge on any atom is 0.330 e. The fourth-order valence-electron chi connectivity index (χ4n) is 5.66. The molecule has 1 unspecified atom stereocenters. The van der Waals surface area contributed by atoms with E-state index < -0.39 is 22.6 Å². The van der Waals surface area contributed by atoms with Gasteiger partial charge in [0, 0.05) is 38.4 Å². The first-order valence-electron chi connectivity index (χ1n) is 14.2. The van der Waals surface area contributed by atoms with Crippen LogP contribution in [0.25, 0.3) is 0 Å². The lowest BCUT2D eigenvalue weighted by Gasteiger charge is -2.40. The predicted octanol–water partition coefficient (Wildman–Crippen LogP) is 4.10. The van der Waals surface area contributed by atoms with E-state index >= 15 is 0 Å². The first-order valence-corrected chi connectivity index (χ1v) is 14.2. The van der Waals surface area contributed by atoms with Crippen LogP contribution in [-0.4, -0.2) is 45.4 Å². The van der Waals surface area contributed by atoms with E-state index in [4.69, 9.17) is 9.47 Å². The van der Waals surface area contributed by atoms with Crippen molar-refractivity contribution < 1.29 is 19.4 Å². The van der Waals surface area contributed by atoms with Crippen molar-refractivity contribution >= 4 is 5.97 Å². The number of aryl methyl sites for hydroxylation is 1. The molecular weight excluding hydrogens is 536 g/mol. The lowest BCUT2D eigenvalue weighted by atomic mass is 9.73. The number of benzene rings is 2. The van der Waals surface area contributed by atoms with Crippen LogP contribution in [0.3, 0.4) is 0 Å². The summed E-state index contributed by atoms with van der Waals surface area (Å²) in [5, 5.41) is 19.5. The van der Waals surface area contributed by atoms with Crippen LogP contribution in [0.1, 0.15) is 61.8 Å². The quantitative estimate of drug-likeness (QED) is 0.343. The van der Waals surface area contributed by atoms with Gasteiger partial charge in [0.25, 0.3) is 5.56 Å². The van der Waals surface area contributed by atoms with Gasteiger partial charge in [-0.25, -0.2) is 4.79 Å². The lowest BCUT2D eigenvalue weighted by Crippen LogP contribution is -2.45. The van der Waals surface area contributed by atoms with Gasteiger partial charge in [-0.1, -0.05) is 37.5 Å². The zero-order valence-corrected chi connectivity index (χ0v) is 24.4. The third-order valence-corrected chi connectivity index (χ3v) is 8.27. The molecule has 0 spiro atoms. The van der Waals surface area contributed by atoms with Gasteiger partial charge in [0.05, 0.1) is 30.7 Å². The number of rotatable bonds is 12. The van der Waals surface area contributed by atoms with E-state index in [9.17, 15) is 24.8 Å². The van der Waals surface area contributed by atoms with Crippen LogP contribution in [-0.2, 0) is 24.9 Å². The second kappa shape index (κ2) is 13.5. The molecule has 1 saturated carbocycles. The molecule has 1 aliphatic carbocycles. The van der Waals surface area contributed by atoms with Crippen LogP contribution in [0.15, 0.2) is 64.3 Å². The Morgan fingerprint density at radius 2 is 1.81 bits per heavy atom. The predicted molar refractivity (Wildman–Crippen MR) is 158 cm³/mol. The molecule has 0 saturated heterocycles. The molecule has 1 atom stereocenters. The van der Waals surface area contributed by atoms with E-state index in [0.29, 0.717) is 43.0 Å². The maximum atomic E-state index is 12.6. The number of carboxylic acids is 1. The van der Waals surface area contributed by atoms with Crippen LogP contribution in [0.4, 0.5) is 0 Å². The topological polar surface area (TPSA) is 127 Å². The molecule has 0 radical (unpaired) electrons. The number of hydrogen-bond acceptors (Lipinski definition) is 7. The summed E-state index contributed by atoms with van der Waals surface area (Å²) >= 11 is 0. The molecule has 10 nitrogen and oxygen atoms in total. The summed E-state index contributed by atoms with van der Waals surface area (Å²) in [6, 6.07) is 16.4. The molecular formula is C32H38N4O6. The fraction of sp³-hybridized carbons (Fsp3) is 0.438. The monoisotopic (exact) mass is 574 g/mol. The second-order valence-corrected chi connectivity index (χ2v) is 11.0. The van der Waals surface area contributed by atoms with Crippen LogP contribution in [0.5, 0.6) is 11.5 Å². The summed E-state index contributed by atoms with van der Waals surface area (Å²) in [6.07, 6.45) is 5.55. The van der Waals surface area contributed by atoms with E-state index in [-0.39, 0.29) is 19.2 Å². The van der Waals surface area contributed by atoms with Gasteiger partial charge in [0.15, 0.2) is 11.5 Å². The van der Waals surface area contributed by atoms with Gasteiger partial charge in [-0.05, 0) is 55.2 Å². The van der Waals surface area contributed by atoms with Crippen LogP contribution < -0.4 is 20.7 Å². The molecule has 1 aliphatic rings. The Hall–Kier alpha value is -4.36. The molecule has 4 rings (SSSR count). The third-order valence-electron chi connectivity index (χ3n) is 8.27. The van der Waals surface area contributed by atoms with Gasteiger partial charge in [-0.2, -0.15) is 5.26 Å². The summed E-state index contributed by atoms with van der Waals surface area (Å²) in [4.78, 5) is 39.2. The molecule has 0 bridgehead atoms. The van der Waals surface area contributed by atoms with Crippen molar-refractivity contribution in [2.75, 3.05) is 20.3 Å². The number of carboxylic acid groups (broad SMARTS) is 1. The highest BCUT2D eigenvalue weighted by molar-refractivity contribution is 5.75. The van der Waals surface area contributed by atoms with Crippen molar-refractivity contribution in [2.24, 2.45) is 12.5 Å². The Bertz CT molecular complexity index is 1550. The minimum atomic E-state index is -0.821. The molecule has 1 heterocycles. The molecule has 42 heavy (non-hydrogen) atoms. The summed E-state index contributed by atoms with van der Waals surface area (Å²) in [7, 11) is 3.13. The highest BCUT2D eigenvalue weighted by Crippen LogP contribution is 2.40. The van der Waals surface area contributed by atoms with Crippen LogP contribution in [0.2, 0.25) is 0 Å². The molecule has 222 valence electrons. The van der Waals surface area contributed by atoms with Crippen molar-refractivity contribution in [1.29, 1.82) is 5.26 Å². The number of aromatic nitrogens is 2.